The molecule has 3 amide bonds. The number of aromatic nitrogens is 1. The first-order valence-corrected chi connectivity index (χ1v) is 14.0. The topological polar surface area (TPSA) is 131 Å². The average molecular weight is 563 g/mol. The van der Waals surface area contributed by atoms with E-state index in [0.29, 0.717) is 34.7 Å². The molecule has 208 valence electrons. The quantitative estimate of drug-likeness (QED) is 0.294. The van der Waals surface area contributed by atoms with Gasteiger partial charge in [0.25, 0.3) is 10.0 Å². The second kappa shape index (κ2) is 12.5. The van der Waals surface area contributed by atoms with Crippen molar-refractivity contribution in [3.8, 4) is 16.9 Å². The number of hydrogen-bond donors (Lipinski definition) is 2. The van der Waals surface area contributed by atoms with Crippen LogP contribution in [-0.4, -0.2) is 45.2 Å². The van der Waals surface area contributed by atoms with E-state index in [1.807, 2.05) is 37.3 Å². The van der Waals surface area contributed by atoms with Crippen LogP contribution in [0.15, 0.2) is 94.7 Å². The van der Waals surface area contributed by atoms with Crippen molar-refractivity contribution in [3.05, 3.63) is 96.4 Å². The fraction of sp³-hybridized carbons (Fsp3) is 0.207. The number of nitrogens with zero attached hydrogens (tertiary/aromatic N) is 2. The Kier molecular flexibility index (Phi) is 8.85. The van der Waals surface area contributed by atoms with Gasteiger partial charge in [0.2, 0.25) is 5.91 Å². The van der Waals surface area contributed by atoms with Gasteiger partial charge in [0.05, 0.1) is 18.2 Å². The number of hydrogen-bond acceptors (Lipinski definition) is 7. The summed E-state index contributed by atoms with van der Waals surface area (Å²) >= 11 is 0. The third-order valence-corrected chi connectivity index (χ3v) is 7.87. The molecule has 0 bridgehead atoms. The van der Waals surface area contributed by atoms with Gasteiger partial charge < -0.3 is 19.5 Å². The van der Waals surface area contributed by atoms with Gasteiger partial charge in [0.1, 0.15) is 18.1 Å². The van der Waals surface area contributed by atoms with Crippen LogP contribution in [0.4, 0.5) is 10.5 Å². The summed E-state index contributed by atoms with van der Waals surface area (Å²) in [6.07, 6.45) is 3.03. The minimum atomic E-state index is -4.29. The molecule has 10 nitrogen and oxygen atoms in total. The number of sulfonamides is 1. The maximum Gasteiger partial charge on any atom is 0.329 e. The van der Waals surface area contributed by atoms with Gasteiger partial charge in [-0.1, -0.05) is 47.6 Å². The zero-order chi connectivity index (χ0) is 28.7. The van der Waals surface area contributed by atoms with Crippen LogP contribution in [0.1, 0.15) is 18.1 Å². The lowest BCUT2D eigenvalue weighted by Gasteiger charge is -2.27. The number of benzene rings is 3. The molecule has 1 heterocycles. The van der Waals surface area contributed by atoms with Crippen LogP contribution in [-0.2, 0) is 21.2 Å². The largest absolute Gasteiger partial charge is 0.497 e. The number of ether oxygens (including phenoxy) is 1. The van der Waals surface area contributed by atoms with Crippen molar-refractivity contribution >= 4 is 27.6 Å². The van der Waals surface area contributed by atoms with Gasteiger partial charge in [-0.2, -0.15) is 0 Å². The number of rotatable bonds is 10. The highest BCUT2D eigenvalue weighted by Gasteiger charge is 2.29. The van der Waals surface area contributed by atoms with Crippen molar-refractivity contribution in [1.29, 1.82) is 0 Å². The Balaban J connectivity index is 1.58. The minimum Gasteiger partial charge on any atom is -0.497 e. The van der Waals surface area contributed by atoms with E-state index >= 15 is 0 Å². The molecule has 3 aromatic carbocycles. The number of amides is 3. The number of carbonyl (C=O) groups excluding carboxylic acids is 2. The molecule has 0 saturated heterocycles. The summed E-state index contributed by atoms with van der Waals surface area (Å²) in [4.78, 5) is 28.2. The molecule has 0 radical (unpaired) electrons. The maximum atomic E-state index is 13.7. The zero-order valence-electron chi connectivity index (χ0n) is 22.3. The molecule has 0 aliphatic carbocycles. The third-order valence-electron chi connectivity index (χ3n) is 6.40. The predicted octanol–water partition coefficient (Wildman–Crippen LogP) is 4.31. The normalized spacial score (nSPS) is 11.9. The van der Waals surface area contributed by atoms with Crippen molar-refractivity contribution in [2.45, 2.75) is 31.2 Å². The molecule has 0 saturated carbocycles. The van der Waals surface area contributed by atoms with Crippen molar-refractivity contribution < 1.29 is 27.3 Å². The lowest BCUT2D eigenvalue weighted by Crippen LogP contribution is -2.53. The molecule has 0 aliphatic rings. The molecule has 4 rings (SSSR count). The van der Waals surface area contributed by atoms with E-state index < -0.39 is 28.0 Å². The van der Waals surface area contributed by atoms with E-state index in [1.54, 1.807) is 50.4 Å². The highest BCUT2D eigenvalue weighted by Crippen LogP contribution is 2.28. The summed E-state index contributed by atoms with van der Waals surface area (Å²) in [5.74, 6) is 0.244. The van der Waals surface area contributed by atoms with Crippen molar-refractivity contribution in [2.24, 2.45) is 0 Å². The van der Waals surface area contributed by atoms with E-state index in [9.17, 15) is 18.0 Å². The summed E-state index contributed by atoms with van der Waals surface area (Å²) in [5.41, 5.74) is 3.03. The molecule has 0 fully saturated rings. The molecule has 1 aromatic heterocycles. The highest BCUT2D eigenvalue weighted by molar-refractivity contribution is 7.90. The van der Waals surface area contributed by atoms with Crippen LogP contribution >= 0.6 is 0 Å². The summed E-state index contributed by atoms with van der Waals surface area (Å²) in [6.45, 7) is 3.77. The van der Waals surface area contributed by atoms with Crippen LogP contribution in [0, 0.1) is 6.92 Å². The Morgan fingerprint density at radius 3 is 2.38 bits per heavy atom. The third kappa shape index (κ3) is 6.49. The molecule has 1 atom stereocenters. The van der Waals surface area contributed by atoms with Crippen molar-refractivity contribution in [3.63, 3.8) is 0 Å². The molecule has 2 N–H and O–H groups in total. The number of urea groups is 1. The van der Waals surface area contributed by atoms with Crippen molar-refractivity contribution in [2.75, 3.05) is 18.6 Å². The lowest BCUT2D eigenvalue weighted by atomic mass is 10.0. The SMILES string of the molecule is CCN(C(=O)C(Cc1ccccc1)NC(=O)NS(=O)(=O)c1cccc(-c2cnoc2)c1C)c1ccc(OC)cc1. The monoisotopic (exact) mass is 562 g/mol. The summed E-state index contributed by atoms with van der Waals surface area (Å²) in [6, 6.07) is 18.8. The van der Waals surface area contributed by atoms with E-state index in [1.165, 1.54) is 23.4 Å². The second-order valence-electron chi connectivity index (χ2n) is 8.94. The number of carbonyl (C=O) groups is 2. The van der Waals surface area contributed by atoms with E-state index in [-0.39, 0.29) is 11.3 Å². The summed E-state index contributed by atoms with van der Waals surface area (Å²) in [7, 11) is -2.73. The predicted molar refractivity (Wildman–Crippen MR) is 150 cm³/mol. The van der Waals surface area contributed by atoms with Gasteiger partial charge in [-0.05, 0) is 60.9 Å². The Bertz CT molecular complexity index is 1560. The standard InChI is InChI=1S/C29H30N4O6S/c1-4-33(23-13-15-24(38-3)16-14-23)28(34)26(17-21-9-6-5-7-10-21)31-29(35)32-40(36,37)27-12-8-11-25(20(27)2)22-18-30-39-19-22/h5-16,18-19,26H,4,17H2,1-3H3,(H2,31,32,35). The molecule has 40 heavy (non-hydrogen) atoms. The Labute approximate surface area is 233 Å². The first-order valence-electron chi connectivity index (χ1n) is 12.6. The molecule has 0 spiro atoms. The van der Waals surface area contributed by atoms with E-state index in [2.05, 4.69) is 15.2 Å². The van der Waals surface area contributed by atoms with E-state index in [4.69, 9.17) is 9.26 Å². The van der Waals surface area contributed by atoms with Gasteiger partial charge in [0.15, 0.2) is 0 Å². The van der Waals surface area contributed by atoms with Crippen LogP contribution in [0.2, 0.25) is 0 Å². The number of nitrogens with one attached hydrogen (secondary N) is 2. The first-order chi connectivity index (χ1) is 19.2. The molecule has 1 unspecified atom stereocenters. The van der Waals surface area contributed by atoms with Gasteiger partial charge in [-0.15, -0.1) is 0 Å². The van der Waals surface area contributed by atoms with Crippen molar-refractivity contribution in [1.82, 2.24) is 15.2 Å². The van der Waals surface area contributed by atoms with Crippen LogP contribution in [0.3, 0.4) is 0 Å². The zero-order valence-corrected chi connectivity index (χ0v) is 23.1. The molecule has 4 aromatic rings. The summed E-state index contributed by atoms with van der Waals surface area (Å²) < 4.78 is 38.6. The minimum absolute atomic E-state index is 0.0827. The molecule has 11 heteroatoms. The molecular weight excluding hydrogens is 532 g/mol. The van der Waals surface area contributed by atoms with Crippen LogP contribution < -0.4 is 19.7 Å². The molecular formula is C29H30N4O6S. The van der Waals surface area contributed by atoms with Gasteiger partial charge in [-0.25, -0.2) is 17.9 Å². The second-order valence-corrected chi connectivity index (χ2v) is 10.6. The van der Waals surface area contributed by atoms with E-state index in [0.717, 1.165) is 5.56 Å². The van der Waals surface area contributed by atoms with Gasteiger partial charge >= 0.3 is 6.03 Å². The molecule has 0 aliphatic heterocycles. The number of likely N-dealkylation sites (N-methyl/N-ethyl adjacent to an activating group) is 1. The Morgan fingerprint density at radius 2 is 1.75 bits per heavy atom. The number of anilines is 1. The average Bonchev–Trinajstić information content (AvgIpc) is 3.48. The maximum absolute atomic E-state index is 13.7. The van der Waals surface area contributed by atoms with Gasteiger partial charge in [0, 0.05) is 24.2 Å². The smallest absolute Gasteiger partial charge is 0.329 e. The van der Waals surface area contributed by atoms with Crippen LogP contribution in [0.5, 0.6) is 5.75 Å². The van der Waals surface area contributed by atoms with Gasteiger partial charge in [-0.3, -0.25) is 4.79 Å². The lowest BCUT2D eigenvalue weighted by molar-refractivity contribution is -0.120. The fourth-order valence-electron chi connectivity index (χ4n) is 4.39. The summed E-state index contributed by atoms with van der Waals surface area (Å²) in [5, 5.41) is 6.26. The van der Waals surface area contributed by atoms with Crippen LogP contribution in [0.25, 0.3) is 11.1 Å². The number of methoxy groups -OCH3 is 1. The Morgan fingerprint density at radius 1 is 1.02 bits per heavy atom. The highest BCUT2D eigenvalue weighted by atomic mass is 32.2. The fourth-order valence-corrected chi connectivity index (χ4v) is 5.57. The first kappa shape index (κ1) is 28.4. The Hall–Kier alpha value is -4.64.